The van der Waals surface area contributed by atoms with Gasteiger partial charge in [-0.1, -0.05) is 72.3 Å². The first-order chi connectivity index (χ1) is 11.1. The average Bonchev–Trinajstić information content (AvgIpc) is 3.33. The van der Waals surface area contributed by atoms with Gasteiger partial charge >= 0.3 is 0 Å². The molecule has 1 aliphatic carbocycles. The summed E-state index contributed by atoms with van der Waals surface area (Å²) < 4.78 is 0. The second-order valence-corrected chi connectivity index (χ2v) is 6.51. The van der Waals surface area contributed by atoms with Gasteiger partial charge < -0.3 is 5.11 Å². The van der Waals surface area contributed by atoms with Crippen LogP contribution in [-0.4, -0.2) is 15.9 Å². The van der Waals surface area contributed by atoms with E-state index in [1.54, 1.807) is 17.0 Å². The van der Waals surface area contributed by atoms with Gasteiger partial charge in [-0.25, -0.2) is 0 Å². The van der Waals surface area contributed by atoms with E-state index < -0.39 is 11.3 Å². The first-order valence-electron chi connectivity index (χ1n) is 7.64. The molecule has 1 saturated carbocycles. The zero-order valence-electron chi connectivity index (χ0n) is 12.4. The van der Waals surface area contributed by atoms with Gasteiger partial charge in [0.05, 0.1) is 10.6 Å². The van der Waals surface area contributed by atoms with Crippen LogP contribution in [-0.2, 0) is 16.1 Å². The third kappa shape index (κ3) is 1.97. The Bertz CT molecular complexity index is 784. The molecule has 0 radical (unpaired) electrons. The van der Waals surface area contributed by atoms with Gasteiger partial charge in [0.1, 0.15) is 0 Å². The van der Waals surface area contributed by atoms with Crippen molar-refractivity contribution < 1.29 is 9.90 Å². The van der Waals surface area contributed by atoms with Crippen LogP contribution in [0.2, 0.25) is 0 Å². The van der Waals surface area contributed by atoms with Crippen molar-refractivity contribution in [1.82, 2.24) is 4.90 Å². The second-order valence-electron chi connectivity index (χ2n) is 6.10. The van der Waals surface area contributed by atoms with Crippen LogP contribution in [0.1, 0.15) is 24.0 Å². The summed E-state index contributed by atoms with van der Waals surface area (Å²) in [4.78, 5) is 14.2. The van der Waals surface area contributed by atoms with Gasteiger partial charge in [0.2, 0.25) is 5.72 Å². The van der Waals surface area contributed by atoms with E-state index in [9.17, 15) is 9.90 Å². The third-order valence-electron chi connectivity index (χ3n) is 4.77. The van der Waals surface area contributed by atoms with Crippen LogP contribution in [0.15, 0.2) is 71.8 Å². The van der Waals surface area contributed by atoms with Gasteiger partial charge in [-0.05, 0) is 18.4 Å². The normalized spacial score (nSPS) is 25.4. The number of amides is 1. The molecular weight excluding hydrogens is 310 g/mol. The van der Waals surface area contributed by atoms with Crippen LogP contribution in [0.4, 0.5) is 0 Å². The van der Waals surface area contributed by atoms with E-state index in [0.29, 0.717) is 5.56 Å². The minimum absolute atomic E-state index is 0.149. The van der Waals surface area contributed by atoms with Crippen LogP contribution in [0.3, 0.4) is 0 Å². The van der Waals surface area contributed by atoms with E-state index in [2.05, 4.69) is 0 Å². The Morgan fingerprint density at radius 2 is 1.43 bits per heavy atom. The summed E-state index contributed by atoms with van der Waals surface area (Å²) in [6.45, 7) is 0. The molecule has 1 aliphatic heterocycles. The molecule has 0 bridgehead atoms. The maximum Gasteiger partial charge on any atom is 0.251 e. The van der Waals surface area contributed by atoms with Crippen LogP contribution < -0.4 is 0 Å². The molecule has 0 saturated heterocycles. The summed E-state index contributed by atoms with van der Waals surface area (Å²) in [5, 5.41) is 11.6. The van der Waals surface area contributed by atoms with Gasteiger partial charge in [-0.3, -0.25) is 9.69 Å². The molecular formula is C19H16ClNO2. The summed E-state index contributed by atoms with van der Waals surface area (Å²) in [7, 11) is 0. The zero-order valence-corrected chi connectivity index (χ0v) is 13.2. The standard InChI is InChI=1S/C19H16ClNO2/c20-16-13-17(22)21(19(16,23)15-9-5-2-6-10-15)18(11-12-18)14-7-3-1-4-8-14/h1-10,13,23H,11-12H2. The quantitative estimate of drug-likeness (QED) is 0.938. The van der Waals surface area contributed by atoms with Crippen LogP contribution in [0.5, 0.6) is 0 Å². The number of hydrogen-bond donors (Lipinski definition) is 1. The molecule has 1 amide bonds. The number of aliphatic hydroxyl groups is 1. The van der Waals surface area contributed by atoms with E-state index >= 15 is 0 Å². The Balaban J connectivity index is 1.86. The maximum atomic E-state index is 12.6. The summed E-state index contributed by atoms with van der Waals surface area (Å²) in [6.07, 6.45) is 2.96. The molecule has 1 heterocycles. The van der Waals surface area contributed by atoms with E-state index in [-0.39, 0.29) is 10.9 Å². The van der Waals surface area contributed by atoms with Gasteiger partial charge in [0.25, 0.3) is 5.91 Å². The Labute approximate surface area is 139 Å². The van der Waals surface area contributed by atoms with Crippen molar-refractivity contribution in [3.63, 3.8) is 0 Å². The van der Waals surface area contributed by atoms with Crippen molar-refractivity contribution in [2.75, 3.05) is 0 Å². The molecule has 2 aliphatic rings. The fourth-order valence-electron chi connectivity index (χ4n) is 3.51. The number of carbonyl (C=O) groups excluding carboxylic acids is 1. The van der Waals surface area contributed by atoms with Crippen molar-refractivity contribution in [2.45, 2.75) is 24.1 Å². The molecule has 3 nitrogen and oxygen atoms in total. The number of halogens is 1. The second kappa shape index (κ2) is 4.95. The highest BCUT2D eigenvalue weighted by atomic mass is 35.5. The Kier molecular flexibility index (Phi) is 3.12. The van der Waals surface area contributed by atoms with Crippen molar-refractivity contribution in [3.8, 4) is 0 Å². The molecule has 0 spiro atoms. The SMILES string of the molecule is O=C1C=C(Cl)C(O)(c2ccccc2)N1C1(c2ccccc2)CC1. The number of carbonyl (C=O) groups is 1. The lowest BCUT2D eigenvalue weighted by Crippen LogP contribution is -2.51. The fourth-order valence-corrected chi connectivity index (χ4v) is 3.79. The smallest absolute Gasteiger partial charge is 0.251 e. The van der Waals surface area contributed by atoms with Gasteiger partial charge in [0.15, 0.2) is 0 Å². The maximum absolute atomic E-state index is 12.6. The molecule has 23 heavy (non-hydrogen) atoms. The lowest BCUT2D eigenvalue weighted by Gasteiger charge is -2.41. The molecule has 116 valence electrons. The van der Waals surface area contributed by atoms with E-state index in [4.69, 9.17) is 11.6 Å². The van der Waals surface area contributed by atoms with Crippen LogP contribution in [0.25, 0.3) is 0 Å². The Hall–Kier alpha value is -2.10. The average molecular weight is 326 g/mol. The first-order valence-corrected chi connectivity index (χ1v) is 8.02. The van der Waals surface area contributed by atoms with Crippen molar-refractivity contribution in [1.29, 1.82) is 0 Å². The Morgan fingerprint density at radius 3 is 1.96 bits per heavy atom. The van der Waals surface area contributed by atoms with E-state index in [1.165, 1.54) is 6.08 Å². The Morgan fingerprint density at radius 1 is 0.913 bits per heavy atom. The fraction of sp³-hybridized carbons (Fsp3) is 0.211. The highest BCUT2D eigenvalue weighted by molar-refractivity contribution is 6.33. The summed E-state index contributed by atoms with van der Waals surface area (Å²) in [5.41, 5.74) is -0.459. The van der Waals surface area contributed by atoms with Gasteiger partial charge in [-0.2, -0.15) is 0 Å². The van der Waals surface area contributed by atoms with Crippen molar-refractivity contribution in [3.05, 3.63) is 82.9 Å². The minimum Gasteiger partial charge on any atom is -0.362 e. The van der Waals surface area contributed by atoms with E-state index in [1.807, 2.05) is 48.5 Å². The predicted molar refractivity (Wildman–Crippen MR) is 88.5 cm³/mol. The molecule has 0 aromatic heterocycles. The van der Waals surface area contributed by atoms with Gasteiger partial charge in [0, 0.05) is 11.6 Å². The molecule has 4 rings (SSSR count). The number of benzene rings is 2. The number of rotatable bonds is 3. The monoisotopic (exact) mass is 325 g/mol. The number of hydrogen-bond acceptors (Lipinski definition) is 2. The molecule has 1 atom stereocenters. The highest BCUT2D eigenvalue weighted by Gasteiger charge is 2.62. The van der Waals surface area contributed by atoms with Crippen molar-refractivity contribution >= 4 is 17.5 Å². The lowest BCUT2D eigenvalue weighted by molar-refractivity contribution is -0.153. The predicted octanol–water partition coefficient (Wildman–Crippen LogP) is 3.49. The molecule has 2 aromatic carbocycles. The highest BCUT2D eigenvalue weighted by Crippen LogP contribution is 2.58. The van der Waals surface area contributed by atoms with E-state index in [0.717, 1.165) is 18.4 Å². The minimum atomic E-state index is -1.60. The van der Waals surface area contributed by atoms with Crippen LogP contribution >= 0.6 is 11.6 Å². The molecule has 1 fully saturated rings. The first kappa shape index (κ1) is 14.5. The summed E-state index contributed by atoms with van der Waals surface area (Å²) in [6, 6.07) is 19.0. The van der Waals surface area contributed by atoms with Crippen molar-refractivity contribution in [2.24, 2.45) is 0 Å². The molecule has 1 unspecified atom stereocenters. The largest absolute Gasteiger partial charge is 0.362 e. The van der Waals surface area contributed by atoms with Gasteiger partial charge in [-0.15, -0.1) is 0 Å². The topological polar surface area (TPSA) is 40.5 Å². The summed E-state index contributed by atoms with van der Waals surface area (Å²) in [5.74, 6) is -0.247. The molecule has 2 aromatic rings. The zero-order chi connectivity index (χ0) is 16.1. The lowest BCUT2D eigenvalue weighted by atomic mass is 9.96. The molecule has 1 N–H and O–H groups in total. The third-order valence-corrected chi connectivity index (χ3v) is 5.14. The van der Waals surface area contributed by atoms with Crippen LogP contribution in [0, 0.1) is 0 Å². The molecule has 4 heteroatoms. The summed E-state index contributed by atoms with van der Waals surface area (Å²) >= 11 is 6.31. The number of nitrogens with zero attached hydrogens (tertiary/aromatic N) is 1.